The summed E-state index contributed by atoms with van der Waals surface area (Å²) in [4.78, 5) is 1.20. The third-order valence-corrected chi connectivity index (χ3v) is 3.60. The van der Waals surface area contributed by atoms with E-state index in [0.29, 0.717) is 11.8 Å². The number of rotatable bonds is 6. The topological polar surface area (TPSA) is 25.2 Å². The number of para-hydroxylation sites is 1. The van der Waals surface area contributed by atoms with Crippen LogP contribution < -0.4 is 5.32 Å². The van der Waals surface area contributed by atoms with E-state index in [1.807, 2.05) is 24.3 Å². The van der Waals surface area contributed by atoms with Gasteiger partial charge in [0.1, 0.15) is 5.76 Å². The monoisotopic (exact) mass is 279 g/mol. The van der Waals surface area contributed by atoms with Crippen molar-refractivity contribution in [3.8, 4) is 0 Å². The highest BCUT2D eigenvalue weighted by Gasteiger charge is 2.03. The number of nitrogens with one attached hydrogen (secondary N) is 1. The molecule has 0 atom stereocenters. The van der Waals surface area contributed by atoms with Crippen molar-refractivity contribution in [2.45, 2.75) is 11.4 Å². The molecule has 0 radical (unpaired) electrons. The van der Waals surface area contributed by atoms with Gasteiger partial charge in [0.05, 0.1) is 6.54 Å². The summed E-state index contributed by atoms with van der Waals surface area (Å²) in [5.74, 6) is 1.72. The van der Waals surface area contributed by atoms with Crippen molar-refractivity contribution >= 4 is 29.1 Å². The Labute approximate surface area is 116 Å². The van der Waals surface area contributed by atoms with Crippen LogP contribution in [-0.2, 0) is 6.54 Å². The minimum Gasteiger partial charge on any atom is -0.448 e. The van der Waals surface area contributed by atoms with E-state index in [-0.39, 0.29) is 0 Å². The Morgan fingerprint density at radius 2 is 2.11 bits per heavy atom. The number of hydrogen-bond acceptors (Lipinski definition) is 3. The lowest BCUT2D eigenvalue weighted by atomic mass is 10.3. The first-order valence-electron chi connectivity index (χ1n) is 5.60. The first kappa shape index (κ1) is 13.1. The lowest BCUT2D eigenvalue weighted by molar-refractivity contribution is 0.520. The molecule has 4 heteroatoms. The Kier molecular flexibility index (Phi) is 4.79. The van der Waals surface area contributed by atoms with Crippen LogP contribution in [0.15, 0.2) is 58.4 Å². The van der Waals surface area contributed by atoms with Gasteiger partial charge < -0.3 is 9.73 Å². The maximum Gasteiger partial charge on any atom is 0.193 e. The molecule has 2 nitrogen and oxygen atoms in total. The number of furan rings is 1. The Hall–Kier alpha value is -1.32. The standard InChI is InChI=1S/C14H14ClNOS/c1-2-9-18-13-6-4-3-5-12(13)16-10-11-7-8-14(15)17-11/h2-8,16H,1,9-10H2. The smallest absolute Gasteiger partial charge is 0.193 e. The van der Waals surface area contributed by atoms with Gasteiger partial charge in [-0.3, -0.25) is 0 Å². The lowest BCUT2D eigenvalue weighted by Crippen LogP contribution is -1.99. The summed E-state index contributed by atoms with van der Waals surface area (Å²) >= 11 is 7.48. The van der Waals surface area contributed by atoms with Crippen molar-refractivity contribution in [1.82, 2.24) is 0 Å². The molecular weight excluding hydrogens is 266 g/mol. The average molecular weight is 280 g/mol. The molecule has 0 aliphatic carbocycles. The minimum absolute atomic E-state index is 0.418. The summed E-state index contributed by atoms with van der Waals surface area (Å²) in [6, 6.07) is 11.8. The Bertz CT molecular complexity index is 524. The molecule has 1 heterocycles. The van der Waals surface area contributed by atoms with Gasteiger partial charge in [0.25, 0.3) is 0 Å². The number of thioether (sulfide) groups is 1. The van der Waals surface area contributed by atoms with Gasteiger partial charge in [0, 0.05) is 16.3 Å². The van der Waals surface area contributed by atoms with E-state index in [4.69, 9.17) is 16.0 Å². The zero-order valence-electron chi connectivity index (χ0n) is 9.86. The van der Waals surface area contributed by atoms with Gasteiger partial charge in [0.2, 0.25) is 0 Å². The van der Waals surface area contributed by atoms with Gasteiger partial charge >= 0.3 is 0 Å². The van der Waals surface area contributed by atoms with Crippen LogP contribution in [0.1, 0.15) is 5.76 Å². The molecule has 1 aromatic heterocycles. The number of hydrogen-bond donors (Lipinski definition) is 1. The maximum atomic E-state index is 5.73. The molecule has 0 saturated carbocycles. The number of halogens is 1. The van der Waals surface area contributed by atoms with Crippen LogP contribution in [0.4, 0.5) is 5.69 Å². The highest BCUT2D eigenvalue weighted by Crippen LogP contribution is 2.27. The second-order valence-electron chi connectivity index (χ2n) is 3.66. The first-order valence-corrected chi connectivity index (χ1v) is 6.97. The van der Waals surface area contributed by atoms with Gasteiger partial charge in [-0.2, -0.15) is 0 Å². The lowest BCUT2D eigenvalue weighted by Gasteiger charge is -2.09. The van der Waals surface area contributed by atoms with Crippen LogP contribution in [-0.4, -0.2) is 5.75 Å². The van der Waals surface area contributed by atoms with E-state index in [1.54, 1.807) is 17.8 Å². The van der Waals surface area contributed by atoms with E-state index in [1.165, 1.54) is 4.90 Å². The largest absolute Gasteiger partial charge is 0.448 e. The normalized spacial score (nSPS) is 10.3. The van der Waals surface area contributed by atoms with E-state index < -0.39 is 0 Å². The Morgan fingerprint density at radius 3 is 2.83 bits per heavy atom. The molecule has 1 N–H and O–H groups in total. The summed E-state index contributed by atoms with van der Waals surface area (Å²) in [5.41, 5.74) is 1.09. The fourth-order valence-corrected chi connectivity index (χ4v) is 2.45. The number of benzene rings is 1. The molecule has 0 saturated heterocycles. The SMILES string of the molecule is C=CCSc1ccccc1NCc1ccc(Cl)o1. The van der Waals surface area contributed by atoms with Gasteiger partial charge in [-0.05, 0) is 35.9 Å². The molecule has 18 heavy (non-hydrogen) atoms. The van der Waals surface area contributed by atoms with E-state index in [2.05, 4.69) is 24.0 Å². The highest BCUT2D eigenvalue weighted by molar-refractivity contribution is 7.99. The second kappa shape index (κ2) is 6.57. The van der Waals surface area contributed by atoms with Gasteiger partial charge in [0.15, 0.2) is 5.22 Å². The van der Waals surface area contributed by atoms with Crippen molar-refractivity contribution < 1.29 is 4.42 Å². The van der Waals surface area contributed by atoms with Gasteiger partial charge in [-0.15, -0.1) is 18.3 Å². The maximum absolute atomic E-state index is 5.73. The molecule has 0 aliphatic rings. The van der Waals surface area contributed by atoms with Crippen LogP contribution in [0.2, 0.25) is 5.22 Å². The third-order valence-electron chi connectivity index (χ3n) is 2.33. The molecule has 0 amide bonds. The Morgan fingerprint density at radius 1 is 1.28 bits per heavy atom. The molecule has 2 rings (SSSR count). The molecule has 0 unspecified atom stereocenters. The molecular formula is C14H14ClNOS. The van der Waals surface area contributed by atoms with Crippen molar-refractivity contribution in [1.29, 1.82) is 0 Å². The summed E-state index contributed by atoms with van der Waals surface area (Å²) in [6.45, 7) is 4.35. The predicted molar refractivity (Wildman–Crippen MR) is 78.4 cm³/mol. The summed E-state index contributed by atoms with van der Waals surface area (Å²) in [5, 5.41) is 3.76. The van der Waals surface area contributed by atoms with Crippen molar-refractivity contribution in [3.63, 3.8) is 0 Å². The van der Waals surface area contributed by atoms with Gasteiger partial charge in [-0.1, -0.05) is 18.2 Å². The van der Waals surface area contributed by atoms with Crippen LogP contribution >= 0.6 is 23.4 Å². The van der Waals surface area contributed by atoms with Crippen molar-refractivity contribution in [2.75, 3.05) is 11.1 Å². The van der Waals surface area contributed by atoms with E-state index >= 15 is 0 Å². The van der Waals surface area contributed by atoms with Gasteiger partial charge in [-0.25, -0.2) is 0 Å². The summed E-state index contributed by atoms with van der Waals surface area (Å²) in [6.07, 6.45) is 1.90. The molecule has 0 spiro atoms. The fourth-order valence-electron chi connectivity index (χ4n) is 1.52. The molecule has 94 valence electrons. The molecule has 0 bridgehead atoms. The average Bonchev–Trinajstić information content (AvgIpc) is 2.81. The van der Waals surface area contributed by atoms with Crippen LogP contribution in [0, 0.1) is 0 Å². The Balaban J connectivity index is 2.01. The third kappa shape index (κ3) is 3.59. The molecule has 0 aliphatic heterocycles. The summed E-state index contributed by atoms with van der Waals surface area (Å²) < 4.78 is 5.31. The minimum atomic E-state index is 0.418. The van der Waals surface area contributed by atoms with Crippen molar-refractivity contribution in [3.05, 3.63) is 60.0 Å². The second-order valence-corrected chi connectivity index (χ2v) is 5.09. The first-order chi connectivity index (χ1) is 8.79. The zero-order valence-corrected chi connectivity index (χ0v) is 11.4. The molecule has 1 aromatic carbocycles. The van der Waals surface area contributed by atoms with E-state index in [0.717, 1.165) is 17.2 Å². The van der Waals surface area contributed by atoms with Crippen LogP contribution in [0.5, 0.6) is 0 Å². The zero-order chi connectivity index (χ0) is 12.8. The quantitative estimate of drug-likeness (QED) is 0.606. The molecule has 2 aromatic rings. The summed E-state index contributed by atoms with van der Waals surface area (Å²) in [7, 11) is 0. The fraction of sp³-hybridized carbons (Fsp3) is 0.143. The van der Waals surface area contributed by atoms with Crippen molar-refractivity contribution in [2.24, 2.45) is 0 Å². The number of anilines is 1. The van der Waals surface area contributed by atoms with Crippen LogP contribution in [0.3, 0.4) is 0 Å². The predicted octanol–water partition coefficient (Wildman–Crippen LogP) is 4.82. The van der Waals surface area contributed by atoms with Crippen LogP contribution in [0.25, 0.3) is 0 Å². The van der Waals surface area contributed by atoms with E-state index in [9.17, 15) is 0 Å². The molecule has 0 fully saturated rings. The highest BCUT2D eigenvalue weighted by atomic mass is 35.5.